The van der Waals surface area contributed by atoms with E-state index in [1.807, 2.05) is 18.7 Å². The first-order chi connectivity index (χ1) is 17.2. The first-order valence-electron chi connectivity index (χ1n) is 11.5. The molecule has 0 spiro atoms. The number of benzene rings is 2. The Hall–Kier alpha value is -3.73. The van der Waals surface area contributed by atoms with Gasteiger partial charge in [-0.1, -0.05) is 19.1 Å². The van der Waals surface area contributed by atoms with Crippen molar-refractivity contribution >= 4 is 29.4 Å². The molecule has 0 radical (unpaired) electrons. The van der Waals surface area contributed by atoms with Gasteiger partial charge in [0.1, 0.15) is 0 Å². The Balaban J connectivity index is 1.41. The van der Waals surface area contributed by atoms with Crippen LogP contribution in [0.2, 0.25) is 0 Å². The second-order valence-electron chi connectivity index (χ2n) is 8.36. The van der Waals surface area contributed by atoms with E-state index in [0.717, 1.165) is 35.9 Å². The van der Waals surface area contributed by atoms with Gasteiger partial charge in [0, 0.05) is 24.5 Å². The van der Waals surface area contributed by atoms with Crippen molar-refractivity contribution in [2.24, 2.45) is 5.10 Å². The predicted molar refractivity (Wildman–Crippen MR) is 131 cm³/mol. The van der Waals surface area contributed by atoms with Gasteiger partial charge < -0.3 is 15.0 Å². The fourth-order valence-corrected chi connectivity index (χ4v) is 3.79. The summed E-state index contributed by atoms with van der Waals surface area (Å²) in [6.45, 7) is 5.46. The van der Waals surface area contributed by atoms with Gasteiger partial charge in [-0.25, -0.2) is 14.8 Å². The average Bonchev–Trinajstić information content (AvgIpc) is 2.86. The van der Waals surface area contributed by atoms with Crippen LogP contribution in [0.1, 0.15) is 30.0 Å². The standard InChI is InChI=1S/C25H26F4N6O/c1-3-21-15-35(9-10-36-21)23-22(26)14-30-24(33-23)34-31-13-17-7-8-20(11-16(17)2)32-19-6-4-5-18(12-19)25(27,28)29/h4-8,11-14,21,32H,3,9-10,15H2,1-2H3,(H,30,33,34)/b31-13+. The van der Waals surface area contributed by atoms with Crippen molar-refractivity contribution in [3.05, 3.63) is 71.2 Å². The summed E-state index contributed by atoms with van der Waals surface area (Å²) in [7, 11) is 0. The molecule has 4 rings (SSSR count). The van der Waals surface area contributed by atoms with Crippen LogP contribution in [0.25, 0.3) is 0 Å². The number of aromatic nitrogens is 2. The number of aryl methyl sites for hydroxylation is 1. The summed E-state index contributed by atoms with van der Waals surface area (Å²) in [5, 5.41) is 7.15. The fraction of sp³-hybridized carbons (Fsp3) is 0.320. The van der Waals surface area contributed by atoms with Crippen LogP contribution in [0.5, 0.6) is 0 Å². The Labute approximate surface area is 206 Å². The molecule has 1 aliphatic rings. The molecule has 1 aromatic heterocycles. The minimum atomic E-state index is -4.41. The zero-order valence-electron chi connectivity index (χ0n) is 19.8. The summed E-state index contributed by atoms with van der Waals surface area (Å²) in [5.41, 5.74) is 4.60. The minimum Gasteiger partial charge on any atom is -0.375 e. The highest BCUT2D eigenvalue weighted by molar-refractivity contribution is 5.83. The van der Waals surface area contributed by atoms with Crippen molar-refractivity contribution < 1.29 is 22.3 Å². The highest BCUT2D eigenvalue weighted by Crippen LogP contribution is 2.31. The summed E-state index contributed by atoms with van der Waals surface area (Å²) < 4.78 is 58.8. The molecular formula is C25H26F4N6O. The third-order valence-electron chi connectivity index (χ3n) is 5.74. The van der Waals surface area contributed by atoms with Gasteiger partial charge in [-0.05, 0) is 54.8 Å². The van der Waals surface area contributed by atoms with Crippen LogP contribution in [0, 0.1) is 12.7 Å². The lowest BCUT2D eigenvalue weighted by Crippen LogP contribution is -2.43. The van der Waals surface area contributed by atoms with Crippen molar-refractivity contribution in [1.29, 1.82) is 0 Å². The number of ether oxygens (including phenoxy) is 1. The summed E-state index contributed by atoms with van der Waals surface area (Å²) in [4.78, 5) is 10.1. The van der Waals surface area contributed by atoms with Crippen molar-refractivity contribution in [3.63, 3.8) is 0 Å². The average molecular weight is 503 g/mol. The molecule has 1 aliphatic heterocycles. The summed E-state index contributed by atoms with van der Waals surface area (Å²) in [5.74, 6) is -0.158. The summed E-state index contributed by atoms with van der Waals surface area (Å²) >= 11 is 0. The molecular weight excluding hydrogens is 476 g/mol. The summed E-state index contributed by atoms with van der Waals surface area (Å²) in [6.07, 6.45) is -0.882. The first-order valence-corrected chi connectivity index (χ1v) is 11.5. The molecule has 2 aromatic carbocycles. The van der Waals surface area contributed by atoms with Crippen LogP contribution in [0.3, 0.4) is 0 Å². The molecule has 36 heavy (non-hydrogen) atoms. The Kier molecular flexibility index (Phi) is 7.68. The van der Waals surface area contributed by atoms with Gasteiger partial charge >= 0.3 is 6.18 Å². The van der Waals surface area contributed by atoms with Gasteiger partial charge in [0.25, 0.3) is 0 Å². The molecule has 190 valence electrons. The number of nitrogens with zero attached hydrogens (tertiary/aromatic N) is 4. The molecule has 1 fully saturated rings. The second kappa shape index (κ2) is 10.9. The monoisotopic (exact) mass is 502 g/mol. The van der Waals surface area contributed by atoms with Crippen molar-refractivity contribution in [1.82, 2.24) is 9.97 Å². The Bertz CT molecular complexity index is 1230. The molecule has 11 heteroatoms. The van der Waals surface area contributed by atoms with E-state index in [1.54, 1.807) is 30.5 Å². The lowest BCUT2D eigenvalue weighted by atomic mass is 10.1. The number of halogens is 4. The van der Waals surface area contributed by atoms with Gasteiger partial charge in [0.15, 0.2) is 11.6 Å². The summed E-state index contributed by atoms with van der Waals surface area (Å²) in [6, 6.07) is 10.3. The van der Waals surface area contributed by atoms with Gasteiger partial charge in [-0.3, -0.25) is 0 Å². The van der Waals surface area contributed by atoms with Crippen LogP contribution < -0.4 is 15.6 Å². The Morgan fingerprint density at radius 1 is 1.19 bits per heavy atom. The van der Waals surface area contributed by atoms with Crippen molar-refractivity contribution in [2.75, 3.05) is 35.3 Å². The maximum absolute atomic E-state index is 14.4. The van der Waals surface area contributed by atoms with Crippen LogP contribution in [-0.4, -0.2) is 42.0 Å². The van der Waals surface area contributed by atoms with E-state index >= 15 is 0 Å². The van der Waals surface area contributed by atoms with E-state index in [-0.39, 0.29) is 17.9 Å². The number of alkyl halides is 3. The van der Waals surface area contributed by atoms with E-state index in [2.05, 4.69) is 25.8 Å². The Morgan fingerprint density at radius 2 is 2.00 bits per heavy atom. The number of rotatable bonds is 7. The molecule has 2 heterocycles. The Morgan fingerprint density at radius 3 is 2.75 bits per heavy atom. The fourth-order valence-electron chi connectivity index (χ4n) is 3.79. The predicted octanol–water partition coefficient (Wildman–Crippen LogP) is 5.75. The topological polar surface area (TPSA) is 74.7 Å². The number of hydrogen-bond donors (Lipinski definition) is 2. The number of hydrazone groups is 1. The zero-order valence-corrected chi connectivity index (χ0v) is 19.8. The molecule has 1 atom stereocenters. The molecule has 3 aromatic rings. The molecule has 0 amide bonds. The molecule has 0 aliphatic carbocycles. The molecule has 1 saturated heterocycles. The van der Waals surface area contributed by atoms with E-state index < -0.39 is 17.6 Å². The van der Waals surface area contributed by atoms with Gasteiger partial charge in [-0.15, -0.1) is 0 Å². The van der Waals surface area contributed by atoms with Crippen LogP contribution in [0.4, 0.5) is 40.7 Å². The molecule has 7 nitrogen and oxygen atoms in total. The molecule has 2 N–H and O–H groups in total. The van der Waals surface area contributed by atoms with Gasteiger partial charge in [0.05, 0.1) is 30.7 Å². The van der Waals surface area contributed by atoms with Crippen molar-refractivity contribution in [2.45, 2.75) is 32.5 Å². The van der Waals surface area contributed by atoms with Gasteiger partial charge in [0.2, 0.25) is 5.95 Å². The highest BCUT2D eigenvalue weighted by Gasteiger charge is 2.30. The maximum Gasteiger partial charge on any atom is 0.416 e. The maximum atomic E-state index is 14.4. The van der Waals surface area contributed by atoms with Crippen LogP contribution in [0.15, 0.2) is 53.8 Å². The van der Waals surface area contributed by atoms with E-state index in [0.29, 0.717) is 31.1 Å². The third-order valence-corrected chi connectivity index (χ3v) is 5.74. The molecule has 1 unspecified atom stereocenters. The minimum absolute atomic E-state index is 0.0246. The van der Waals surface area contributed by atoms with E-state index in [9.17, 15) is 17.6 Å². The lowest BCUT2D eigenvalue weighted by Gasteiger charge is -2.33. The molecule has 0 bridgehead atoms. The van der Waals surface area contributed by atoms with E-state index in [1.165, 1.54) is 6.07 Å². The second-order valence-corrected chi connectivity index (χ2v) is 8.36. The normalized spacial score (nSPS) is 16.4. The SMILES string of the molecule is CCC1CN(c2nc(N/N=C/c3ccc(Nc4cccc(C(F)(F)F)c4)cc3C)ncc2F)CCO1. The van der Waals surface area contributed by atoms with E-state index in [4.69, 9.17) is 4.74 Å². The number of morpholine rings is 1. The number of anilines is 4. The largest absolute Gasteiger partial charge is 0.416 e. The van der Waals surface area contributed by atoms with Gasteiger partial charge in [-0.2, -0.15) is 23.3 Å². The smallest absolute Gasteiger partial charge is 0.375 e. The van der Waals surface area contributed by atoms with Crippen molar-refractivity contribution in [3.8, 4) is 0 Å². The lowest BCUT2D eigenvalue weighted by molar-refractivity contribution is -0.137. The van der Waals surface area contributed by atoms with Crippen LogP contribution in [-0.2, 0) is 10.9 Å². The highest BCUT2D eigenvalue weighted by atomic mass is 19.4. The number of nitrogens with one attached hydrogen (secondary N) is 2. The molecule has 0 saturated carbocycles. The van der Waals surface area contributed by atoms with Crippen LogP contribution >= 0.6 is 0 Å². The first kappa shape index (κ1) is 25.4. The third kappa shape index (κ3) is 6.28. The zero-order chi connectivity index (χ0) is 25.7. The quantitative estimate of drug-likeness (QED) is 0.244. The number of hydrogen-bond acceptors (Lipinski definition) is 7.